The average Bonchev–Trinajstić information content (AvgIpc) is 2.82. The minimum Gasteiger partial charge on any atom is -0.316 e. The molecule has 88 valence electrons. The molecule has 0 radical (unpaired) electrons. The molecule has 1 aromatic heterocycles. The summed E-state index contributed by atoms with van der Waals surface area (Å²) in [7, 11) is -3.15. The van der Waals surface area contributed by atoms with E-state index in [1.165, 1.54) is 4.68 Å². The monoisotopic (exact) mass is 242 g/mol. The van der Waals surface area contributed by atoms with E-state index in [4.69, 9.17) is 0 Å². The fourth-order valence-electron chi connectivity index (χ4n) is 2.26. The number of hydrogen-bond acceptors (Lipinski definition) is 5. The third-order valence-electron chi connectivity index (χ3n) is 3.17. The van der Waals surface area contributed by atoms with Crippen molar-refractivity contribution in [3.8, 4) is 0 Å². The van der Waals surface area contributed by atoms with E-state index in [0.29, 0.717) is 12.4 Å². The van der Waals surface area contributed by atoms with E-state index in [0.717, 1.165) is 25.9 Å². The van der Waals surface area contributed by atoms with Crippen LogP contribution < -0.4 is 5.32 Å². The number of piperidine rings is 1. The first kappa shape index (κ1) is 10.2. The van der Waals surface area contributed by atoms with Crippen molar-refractivity contribution in [3.05, 3.63) is 5.82 Å². The van der Waals surface area contributed by atoms with Gasteiger partial charge < -0.3 is 5.32 Å². The summed E-state index contributed by atoms with van der Waals surface area (Å²) in [5.74, 6) is 1.10. The first-order valence-corrected chi connectivity index (χ1v) is 7.20. The van der Waals surface area contributed by atoms with E-state index in [-0.39, 0.29) is 16.8 Å². The van der Waals surface area contributed by atoms with Crippen LogP contribution in [0.15, 0.2) is 5.16 Å². The molecule has 0 spiro atoms. The Labute approximate surface area is 94.0 Å². The number of rotatable bonds is 1. The molecule has 6 nitrogen and oxygen atoms in total. The molecule has 0 aliphatic carbocycles. The van der Waals surface area contributed by atoms with Crippen molar-refractivity contribution in [2.75, 3.05) is 18.8 Å². The Bertz CT molecular complexity index is 502. The minimum atomic E-state index is -3.15. The zero-order chi connectivity index (χ0) is 11.2. The van der Waals surface area contributed by atoms with Gasteiger partial charge in [0.05, 0.1) is 12.3 Å². The molecule has 0 aromatic carbocycles. The van der Waals surface area contributed by atoms with Crippen molar-refractivity contribution in [1.82, 2.24) is 20.1 Å². The van der Waals surface area contributed by atoms with Crippen LogP contribution in [0, 0.1) is 0 Å². The van der Waals surface area contributed by atoms with Crippen LogP contribution in [-0.4, -0.2) is 42.0 Å². The molecule has 1 atom stereocenters. The molecule has 16 heavy (non-hydrogen) atoms. The molecule has 0 bridgehead atoms. The van der Waals surface area contributed by atoms with Gasteiger partial charge in [-0.3, -0.25) is 0 Å². The summed E-state index contributed by atoms with van der Waals surface area (Å²) in [6.45, 7) is 2.33. The van der Waals surface area contributed by atoms with Gasteiger partial charge in [-0.15, -0.1) is 0 Å². The third-order valence-corrected chi connectivity index (χ3v) is 4.74. The van der Waals surface area contributed by atoms with Gasteiger partial charge in [0, 0.05) is 12.5 Å². The van der Waals surface area contributed by atoms with Gasteiger partial charge in [-0.25, -0.2) is 18.1 Å². The number of aromatic nitrogens is 3. The van der Waals surface area contributed by atoms with Gasteiger partial charge in [0.25, 0.3) is 0 Å². The van der Waals surface area contributed by atoms with Crippen molar-refractivity contribution in [2.24, 2.45) is 0 Å². The lowest BCUT2D eigenvalue weighted by molar-refractivity contribution is 0.444. The smallest absolute Gasteiger partial charge is 0.245 e. The van der Waals surface area contributed by atoms with Gasteiger partial charge in [-0.05, 0) is 19.4 Å². The number of sulfone groups is 1. The highest BCUT2D eigenvalue weighted by Crippen LogP contribution is 2.24. The molecule has 1 saturated heterocycles. The SMILES string of the molecule is O=S1(=O)CCn2nc(C3CCCNC3)nc21. The predicted molar refractivity (Wildman–Crippen MR) is 56.9 cm³/mol. The van der Waals surface area contributed by atoms with Crippen LogP contribution in [0.25, 0.3) is 0 Å². The van der Waals surface area contributed by atoms with Gasteiger partial charge in [-0.1, -0.05) is 0 Å². The Kier molecular flexibility index (Phi) is 2.25. The largest absolute Gasteiger partial charge is 0.316 e. The fourth-order valence-corrected chi connectivity index (χ4v) is 3.55. The maximum Gasteiger partial charge on any atom is 0.245 e. The van der Waals surface area contributed by atoms with Gasteiger partial charge in [-0.2, -0.15) is 5.10 Å². The number of nitrogens with one attached hydrogen (secondary N) is 1. The van der Waals surface area contributed by atoms with Crippen LogP contribution in [0.3, 0.4) is 0 Å². The van der Waals surface area contributed by atoms with E-state index >= 15 is 0 Å². The summed E-state index contributed by atoms with van der Waals surface area (Å²) in [6.07, 6.45) is 2.14. The van der Waals surface area contributed by atoms with Crippen LogP contribution in [0.4, 0.5) is 0 Å². The van der Waals surface area contributed by atoms with Crippen LogP contribution >= 0.6 is 0 Å². The van der Waals surface area contributed by atoms with Crippen molar-refractivity contribution in [2.45, 2.75) is 30.5 Å². The molecule has 7 heteroatoms. The zero-order valence-electron chi connectivity index (χ0n) is 8.89. The Balaban J connectivity index is 1.94. The summed E-state index contributed by atoms with van der Waals surface area (Å²) in [6, 6.07) is 0. The van der Waals surface area contributed by atoms with Crippen molar-refractivity contribution in [1.29, 1.82) is 0 Å². The highest BCUT2D eigenvalue weighted by Gasteiger charge is 2.32. The van der Waals surface area contributed by atoms with E-state index in [1.54, 1.807) is 0 Å². The topological polar surface area (TPSA) is 76.9 Å². The van der Waals surface area contributed by atoms with Gasteiger partial charge in [0.1, 0.15) is 0 Å². The Hall–Kier alpha value is -0.950. The molecule has 2 aliphatic rings. The van der Waals surface area contributed by atoms with Crippen LogP contribution in [0.5, 0.6) is 0 Å². The molecule has 3 rings (SSSR count). The van der Waals surface area contributed by atoms with E-state index in [9.17, 15) is 8.42 Å². The standard InChI is InChI=1S/C9H14N4O2S/c14-16(15)5-4-13-9(16)11-8(12-13)7-2-1-3-10-6-7/h7,10H,1-6H2. The summed E-state index contributed by atoms with van der Waals surface area (Å²) >= 11 is 0. The lowest BCUT2D eigenvalue weighted by Crippen LogP contribution is -2.29. The highest BCUT2D eigenvalue weighted by atomic mass is 32.2. The Morgan fingerprint density at radius 3 is 3.00 bits per heavy atom. The van der Waals surface area contributed by atoms with E-state index in [1.807, 2.05) is 0 Å². The van der Waals surface area contributed by atoms with Gasteiger partial charge in [0.15, 0.2) is 5.82 Å². The first-order chi connectivity index (χ1) is 7.67. The Morgan fingerprint density at radius 2 is 2.31 bits per heavy atom. The molecular formula is C9H14N4O2S. The summed E-state index contributed by atoms with van der Waals surface area (Å²) < 4.78 is 24.7. The van der Waals surface area contributed by atoms with Crippen LogP contribution in [-0.2, 0) is 16.4 Å². The second-order valence-electron chi connectivity index (χ2n) is 4.34. The normalized spacial score (nSPS) is 27.9. The first-order valence-electron chi connectivity index (χ1n) is 5.55. The maximum atomic E-state index is 11.6. The molecule has 1 unspecified atom stereocenters. The number of nitrogens with zero attached hydrogens (tertiary/aromatic N) is 3. The van der Waals surface area contributed by atoms with E-state index in [2.05, 4.69) is 15.4 Å². The Morgan fingerprint density at radius 1 is 1.44 bits per heavy atom. The molecule has 0 saturated carbocycles. The second-order valence-corrected chi connectivity index (χ2v) is 6.34. The molecular weight excluding hydrogens is 228 g/mol. The van der Waals surface area contributed by atoms with Crippen molar-refractivity contribution >= 4 is 9.84 Å². The lowest BCUT2D eigenvalue weighted by Gasteiger charge is -2.19. The molecule has 1 aromatic rings. The average molecular weight is 242 g/mol. The van der Waals surface area contributed by atoms with Crippen molar-refractivity contribution < 1.29 is 8.42 Å². The molecule has 1 fully saturated rings. The molecule has 1 N–H and O–H groups in total. The zero-order valence-corrected chi connectivity index (χ0v) is 9.70. The maximum absolute atomic E-state index is 11.6. The third kappa shape index (κ3) is 1.54. The minimum absolute atomic E-state index is 0.144. The highest BCUT2D eigenvalue weighted by molar-refractivity contribution is 7.91. The van der Waals surface area contributed by atoms with Crippen LogP contribution in [0.2, 0.25) is 0 Å². The van der Waals surface area contributed by atoms with Crippen LogP contribution in [0.1, 0.15) is 24.6 Å². The molecule has 0 amide bonds. The van der Waals surface area contributed by atoms with Gasteiger partial charge >= 0.3 is 0 Å². The quantitative estimate of drug-likeness (QED) is 0.720. The number of hydrogen-bond donors (Lipinski definition) is 1. The summed E-state index contributed by atoms with van der Waals surface area (Å²) in [5, 5.41) is 7.74. The van der Waals surface area contributed by atoms with Crippen molar-refractivity contribution in [3.63, 3.8) is 0 Å². The summed E-state index contributed by atoms with van der Waals surface area (Å²) in [5.41, 5.74) is 0. The number of fused-ring (bicyclic) bond motifs is 1. The molecule has 2 aliphatic heterocycles. The number of aryl methyl sites for hydroxylation is 1. The molecule has 3 heterocycles. The van der Waals surface area contributed by atoms with Gasteiger partial charge in [0.2, 0.25) is 15.0 Å². The lowest BCUT2D eigenvalue weighted by atomic mass is 9.99. The second kappa shape index (κ2) is 3.53. The van der Waals surface area contributed by atoms with E-state index < -0.39 is 9.84 Å². The summed E-state index contributed by atoms with van der Waals surface area (Å²) in [4.78, 5) is 4.19. The predicted octanol–water partition coefficient (Wildman–Crippen LogP) is -0.468. The fraction of sp³-hybridized carbons (Fsp3) is 0.778.